The lowest BCUT2D eigenvalue weighted by atomic mass is 9.99. The van der Waals surface area contributed by atoms with Gasteiger partial charge in [-0.2, -0.15) is 4.31 Å². The molecule has 0 aromatic heterocycles. The number of hydrogen-bond acceptors (Lipinski definition) is 4. The zero-order valence-corrected chi connectivity index (χ0v) is 15.8. The fourth-order valence-electron chi connectivity index (χ4n) is 3.12. The van der Waals surface area contributed by atoms with Crippen LogP contribution in [0.1, 0.15) is 38.7 Å². The molecule has 0 unspecified atom stereocenters. The molecular weight excluding hydrogens is 324 g/mol. The van der Waals surface area contributed by atoms with E-state index in [9.17, 15) is 13.5 Å². The molecule has 1 N–H and O–H groups in total. The summed E-state index contributed by atoms with van der Waals surface area (Å²) < 4.78 is 27.1. The van der Waals surface area contributed by atoms with Crippen molar-refractivity contribution in [2.45, 2.75) is 50.7 Å². The highest BCUT2D eigenvalue weighted by atomic mass is 32.2. The van der Waals surface area contributed by atoms with E-state index in [2.05, 4.69) is 11.8 Å². The summed E-state index contributed by atoms with van der Waals surface area (Å²) in [6.07, 6.45) is 3.27. The van der Waals surface area contributed by atoms with Gasteiger partial charge in [-0.15, -0.1) is 0 Å². The molecule has 0 amide bonds. The summed E-state index contributed by atoms with van der Waals surface area (Å²) in [5.74, 6) is 0.803. The predicted octanol–water partition coefficient (Wildman–Crippen LogP) is 2.31. The van der Waals surface area contributed by atoms with Crippen molar-refractivity contribution in [2.24, 2.45) is 5.92 Å². The molecule has 0 saturated carbocycles. The first-order valence-corrected chi connectivity index (χ1v) is 10.2. The molecule has 1 aromatic carbocycles. The molecule has 1 aliphatic heterocycles. The van der Waals surface area contributed by atoms with Gasteiger partial charge in [0.15, 0.2) is 0 Å². The fourth-order valence-corrected chi connectivity index (χ4v) is 4.72. The van der Waals surface area contributed by atoms with E-state index < -0.39 is 10.0 Å². The Bertz CT molecular complexity index is 625. The van der Waals surface area contributed by atoms with E-state index in [1.54, 1.807) is 31.3 Å². The summed E-state index contributed by atoms with van der Waals surface area (Å²) in [6.45, 7) is 7.11. The SMILES string of the molecule is CC1CCN(CC[C@@H](C)N(C)S(=O)(=O)c2ccccc2CO)CC1. The van der Waals surface area contributed by atoms with Gasteiger partial charge in [-0.1, -0.05) is 25.1 Å². The Morgan fingerprint density at radius 3 is 2.54 bits per heavy atom. The molecule has 6 heteroatoms. The number of nitrogens with zero attached hydrogens (tertiary/aromatic N) is 2. The Hall–Kier alpha value is -0.950. The molecule has 0 aliphatic carbocycles. The first-order valence-electron chi connectivity index (χ1n) is 8.75. The van der Waals surface area contributed by atoms with Gasteiger partial charge in [0.1, 0.15) is 0 Å². The molecule has 1 heterocycles. The van der Waals surface area contributed by atoms with Crippen molar-refractivity contribution in [1.82, 2.24) is 9.21 Å². The third-order valence-corrected chi connectivity index (χ3v) is 7.23. The van der Waals surface area contributed by atoms with Gasteiger partial charge in [0, 0.05) is 13.1 Å². The third-order valence-electron chi connectivity index (χ3n) is 5.16. The Kier molecular flexibility index (Phi) is 6.80. The van der Waals surface area contributed by atoms with E-state index in [4.69, 9.17) is 0 Å². The summed E-state index contributed by atoms with van der Waals surface area (Å²) in [7, 11) is -1.96. The number of rotatable bonds is 7. The second-order valence-electron chi connectivity index (χ2n) is 6.95. The van der Waals surface area contributed by atoms with Gasteiger partial charge in [-0.25, -0.2) is 8.42 Å². The zero-order valence-electron chi connectivity index (χ0n) is 15.0. The lowest BCUT2D eigenvalue weighted by Crippen LogP contribution is -2.40. The first-order chi connectivity index (χ1) is 11.4. The van der Waals surface area contributed by atoms with Gasteiger partial charge in [-0.3, -0.25) is 0 Å². The van der Waals surface area contributed by atoms with Crippen LogP contribution in [0.25, 0.3) is 0 Å². The van der Waals surface area contributed by atoms with Crippen LogP contribution in [-0.4, -0.2) is 55.5 Å². The van der Waals surface area contributed by atoms with Crippen LogP contribution in [-0.2, 0) is 16.6 Å². The van der Waals surface area contributed by atoms with Crippen LogP contribution in [0, 0.1) is 5.92 Å². The number of piperidine rings is 1. The Morgan fingerprint density at radius 2 is 1.92 bits per heavy atom. The van der Waals surface area contributed by atoms with E-state index >= 15 is 0 Å². The van der Waals surface area contributed by atoms with Crippen LogP contribution in [0.2, 0.25) is 0 Å². The molecule has 1 aromatic rings. The molecule has 1 saturated heterocycles. The summed E-state index contributed by atoms with van der Waals surface area (Å²) in [5.41, 5.74) is 0.446. The number of benzene rings is 1. The Balaban J connectivity index is 1.99. The number of hydrogen-bond donors (Lipinski definition) is 1. The Labute approximate surface area is 146 Å². The average Bonchev–Trinajstić information content (AvgIpc) is 2.60. The number of likely N-dealkylation sites (tertiary alicyclic amines) is 1. The quantitative estimate of drug-likeness (QED) is 0.816. The molecule has 2 rings (SSSR count). The summed E-state index contributed by atoms with van der Waals surface area (Å²) in [4.78, 5) is 2.63. The second-order valence-corrected chi connectivity index (χ2v) is 8.91. The molecule has 136 valence electrons. The Morgan fingerprint density at radius 1 is 1.29 bits per heavy atom. The van der Waals surface area contributed by atoms with Crippen LogP contribution in [0.5, 0.6) is 0 Å². The largest absolute Gasteiger partial charge is 0.392 e. The van der Waals surface area contributed by atoms with Gasteiger partial charge in [0.2, 0.25) is 10.0 Å². The number of sulfonamides is 1. The highest BCUT2D eigenvalue weighted by Crippen LogP contribution is 2.22. The maximum atomic E-state index is 12.8. The first kappa shape index (κ1) is 19.4. The van der Waals surface area contributed by atoms with Crippen molar-refractivity contribution >= 4 is 10.0 Å². The average molecular weight is 355 g/mol. The van der Waals surface area contributed by atoms with Crippen molar-refractivity contribution < 1.29 is 13.5 Å². The number of aliphatic hydroxyl groups is 1. The van der Waals surface area contributed by atoms with Crippen LogP contribution in [0.15, 0.2) is 29.2 Å². The molecule has 1 fully saturated rings. The van der Waals surface area contributed by atoms with Crippen LogP contribution in [0.4, 0.5) is 0 Å². The summed E-state index contributed by atoms with van der Waals surface area (Å²) >= 11 is 0. The minimum Gasteiger partial charge on any atom is -0.392 e. The van der Waals surface area contributed by atoms with Crippen LogP contribution >= 0.6 is 0 Å². The van der Waals surface area contributed by atoms with Crippen LogP contribution < -0.4 is 0 Å². The topological polar surface area (TPSA) is 60.9 Å². The molecule has 5 nitrogen and oxygen atoms in total. The maximum Gasteiger partial charge on any atom is 0.243 e. The van der Waals surface area contributed by atoms with Gasteiger partial charge in [-0.05, 0) is 63.4 Å². The monoisotopic (exact) mass is 354 g/mol. The lowest BCUT2D eigenvalue weighted by molar-refractivity contribution is 0.179. The van der Waals surface area contributed by atoms with Gasteiger partial charge in [0.05, 0.1) is 11.5 Å². The van der Waals surface area contributed by atoms with E-state index in [-0.39, 0.29) is 17.5 Å². The van der Waals surface area contributed by atoms with Crippen LogP contribution in [0.3, 0.4) is 0 Å². The number of aliphatic hydroxyl groups excluding tert-OH is 1. The minimum absolute atomic E-state index is 0.0823. The highest BCUT2D eigenvalue weighted by molar-refractivity contribution is 7.89. The summed E-state index contributed by atoms with van der Waals surface area (Å²) in [6, 6.07) is 6.57. The molecule has 1 atom stereocenters. The van der Waals surface area contributed by atoms with Gasteiger partial charge >= 0.3 is 0 Å². The minimum atomic E-state index is -3.59. The standard InChI is InChI=1S/C18H30N2O3S/c1-15-8-11-20(12-9-15)13-10-16(2)19(3)24(22,23)18-7-5-4-6-17(18)14-21/h4-7,15-16,21H,8-14H2,1-3H3/t16-/m1/s1. The van der Waals surface area contributed by atoms with Gasteiger partial charge in [0.25, 0.3) is 0 Å². The van der Waals surface area contributed by atoms with Gasteiger partial charge < -0.3 is 10.0 Å². The van der Waals surface area contributed by atoms with E-state index in [0.29, 0.717) is 5.56 Å². The molecule has 0 bridgehead atoms. The van der Waals surface area contributed by atoms with E-state index in [0.717, 1.165) is 32.0 Å². The van der Waals surface area contributed by atoms with E-state index in [1.165, 1.54) is 17.1 Å². The zero-order chi connectivity index (χ0) is 17.7. The van der Waals surface area contributed by atoms with Crippen molar-refractivity contribution in [2.75, 3.05) is 26.7 Å². The third kappa shape index (κ3) is 4.57. The molecular formula is C18H30N2O3S. The van der Waals surface area contributed by atoms with Crippen molar-refractivity contribution in [1.29, 1.82) is 0 Å². The summed E-state index contributed by atoms with van der Waals surface area (Å²) in [5, 5.41) is 9.41. The highest BCUT2D eigenvalue weighted by Gasteiger charge is 2.27. The lowest BCUT2D eigenvalue weighted by Gasteiger charge is -2.32. The van der Waals surface area contributed by atoms with Crippen molar-refractivity contribution in [3.8, 4) is 0 Å². The molecule has 24 heavy (non-hydrogen) atoms. The van der Waals surface area contributed by atoms with E-state index in [1.807, 2.05) is 6.92 Å². The van der Waals surface area contributed by atoms with Crippen molar-refractivity contribution in [3.05, 3.63) is 29.8 Å². The maximum absolute atomic E-state index is 12.8. The molecule has 1 aliphatic rings. The molecule has 0 radical (unpaired) electrons. The normalized spacial score (nSPS) is 18.9. The van der Waals surface area contributed by atoms with Crippen molar-refractivity contribution in [3.63, 3.8) is 0 Å². The smallest absolute Gasteiger partial charge is 0.243 e. The predicted molar refractivity (Wildman–Crippen MR) is 96.2 cm³/mol. The fraction of sp³-hybridized carbons (Fsp3) is 0.667. The molecule has 0 spiro atoms. The second kappa shape index (κ2) is 8.43.